The molecule has 1 aromatic heterocycles. The van der Waals surface area contributed by atoms with Crippen LogP contribution < -0.4 is 10.6 Å². The summed E-state index contributed by atoms with van der Waals surface area (Å²) in [5, 5.41) is 6.99. The van der Waals surface area contributed by atoms with E-state index in [4.69, 9.17) is 9.15 Å². The molecule has 1 aromatic rings. The quantitative estimate of drug-likeness (QED) is 0.270. The lowest BCUT2D eigenvalue weighted by Crippen LogP contribution is -2.43. The number of halogens is 1. The first kappa shape index (κ1) is 20.3. The lowest BCUT2D eigenvalue weighted by molar-refractivity contribution is 0.193. The molecule has 0 bridgehead atoms. The van der Waals surface area contributed by atoms with Crippen LogP contribution in [0.25, 0.3) is 0 Å². The third-order valence-corrected chi connectivity index (χ3v) is 3.97. The van der Waals surface area contributed by atoms with Crippen molar-refractivity contribution in [2.24, 2.45) is 4.99 Å². The van der Waals surface area contributed by atoms with Crippen molar-refractivity contribution in [1.82, 2.24) is 10.6 Å². The minimum Gasteiger partial charge on any atom is -0.469 e. The standard InChI is InChI=1S/C17H29N3O2.HI/c1-21-13-5-4-11-18-17(20-15-7-2-3-8-15)19-12-10-16-9-6-14-22-16;/h6,9,14-15H,2-5,7-8,10-13H2,1H3,(H2,18,19,20);1H. The summed E-state index contributed by atoms with van der Waals surface area (Å²) in [7, 11) is 1.74. The van der Waals surface area contributed by atoms with Crippen LogP contribution in [0.2, 0.25) is 0 Å². The van der Waals surface area contributed by atoms with Crippen molar-refractivity contribution < 1.29 is 9.15 Å². The van der Waals surface area contributed by atoms with Gasteiger partial charge in [0.15, 0.2) is 5.96 Å². The monoisotopic (exact) mass is 435 g/mol. The van der Waals surface area contributed by atoms with Crippen molar-refractivity contribution in [1.29, 1.82) is 0 Å². The maximum atomic E-state index is 5.36. The van der Waals surface area contributed by atoms with Crippen LogP contribution in [0.3, 0.4) is 0 Å². The van der Waals surface area contributed by atoms with E-state index in [-0.39, 0.29) is 24.0 Å². The van der Waals surface area contributed by atoms with Crippen LogP contribution in [-0.4, -0.2) is 38.8 Å². The molecule has 2 N–H and O–H groups in total. The number of hydrogen-bond acceptors (Lipinski definition) is 3. The summed E-state index contributed by atoms with van der Waals surface area (Å²) in [5.74, 6) is 1.95. The maximum Gasteiger partial charge on any atom is 0.191 e. The van der Waals surface area contributed by atoms with Gasteiger partial charge in [-0.05, 0) is 37.8 Å². The van der Waals surface area contributed by atoms with Crippen molar-refractivity contribution in [3.05, 3.63) is 24.2 Å². The van der Waals surface area contributed by atoms with Gasteiger partial charge in [-0.3, -0.25) is 4.99 Å². The van der Waals surface area contributed by atoms with Gasteiger partial charge in [-0.2, -0.15) is 0 Å². The van der Waals surface area contributed by atoms with Crippen LogP contribution in [-0.2, 0) is 11.2 Å². The molecule has 0 amide bonds. The molecule has 0 saturated heterocycles. The van der Waals surface area contributed by atoms with Crippen LogP contribution in [0, 0.1) is 0 Å². The van der Waals surface area contributed by atoms with Gasteiger partial charge in [0.2, 0.25) is 0 Å². The smallest absolute Gasteiger partial charge is 0.191 e. The zero-order chi connectivity index (χ0) is 15.5. The molecule has 0 unspecified atom stereocenters. The van der Waals surface area contributed by atoms with E-state index in [1.807, 2.05) is 12.1 Å². The van der Waals surface area contributed by atoms with Gasteiger partial charge in [-0.1, -0.05) is 12.8 Å². The average Bonchev–Trinajstić information content (AvgIpc) is 3.20. The number of aliphatic imine (C=N–C) groups is 1. The number of methoxy groups -OCH3 is 1. The molecule has 132 valence electrons. The van der Waals surface area contributed by atoms with E-state index >= 15 is 0 Å². The molecule has 23 heavy (non-hydrogen) atoms. The van der Waals surface area contributed by atoms with Gasteiger partial charge in [0.05, 0.1) is 6.26 Å². The second-order valence-electron chi connectivity index (χ2n) is 5.81. The molecule has 0 spiro atoms. The van der Waals surface area contributed by atoms with E-state index < -0.39 is 0 Å². The van der Waals surface area contributed by atoms with E-state index in [2.05, 4.69) is 15.6 Å². The Bertz CT molecular complexity index is 417. The number of ether oxygens (including phenoxy) is 1. The van der Waals surface area contributed by atoms with Crippen LogP contribution in [0.1, 0.15) is 44.3 Å². The highest BCUT2D eigenvalue weighted by Crippen LogP contribution is 2.17. The molecule has 0 aromatic carbocycles. The Morgan fingerprint density at radius 3 is 2.87 bits per heavy atom. The van der Waals surface area contributed by atoms with Gasteiger partial charge in [0.1, 0.15) is 5.76 Å². The van der Waals surface area contributed by atoms with E-state index in [1.165, 1.54) is 25.7 Å². The topological polar surface area (TPSA) is 58.8 Å². The van der Waals surface area contributed by atoms with Crippen molar-refractivity contribution in [3.63, 3.8) is 0 Å². The van der Waals surface area contributed by atoms with Gasteiger partial charge in [0.25, 0.3) is 0 Å². The lowest BCUT2D eigenvalue weighted by atomic mass is 10.2. The predicted molar refractivity (Wildman–Crippen MR) is 105 cm³/mol. The van der Waals surface area contributed by atoms with E-state index in [1.54, 1.807) is 13.4 Å². The Balaban J connectivity index is 0.00000264. The van der Waals surface area contributed by atoms with E-state index in [0.29, 0.717) is 6.04 Å². The summed E-state index contributed by atoms with van der Waals surface area (Å²) in [6.07, 6.45) is 9.87. The molecule has 1 saturated carbocycles. The Morgan fingerprint density at radius 1 is 1.35 bits per heavy atom. The number of guanidine groups is 1. The third-order valence-electron chi connectivity index (χ3n) is 3.97. The van der Waals surface area contributed by atoms with Gasteiger partial charge >= 0.3 is 0 Å². The minimum atomic E-state index is 0. The third kappa shape index (κ3) is 8.60. The summed E-state index contributed by atoms with van der Waals surface area (Å²) in [4.78, 5) is 4.69. The van der Waals surface area contributed by atoms with Crippen LogP contribution in [0.5, 0.6) is 0 Å². The fourth-order valence-electron chi connectivity index (χ4n) is 2.72. The van der Waals surface area contributed by atoms with Gasteiger partial charge < -0.3 is 19.8 Å². The average molecular weight is 435 g/mol. The summed E-state index contributed by atoms with van der Waals surface area (Å²) in [6, 6.07) is 4.51. The van der Waals surface area contributed by atoms with Crippen LogP contribution in [0.4, 0.5) is 0 Å². The van der Waals surface area contributed by atoms with Crippen molar-refractivity contribution in [2.75, 3.05) is 26.8 Å². The summed E-state index contributed by atoms with van der Waals surface area (Å²) in [6.45, 7) is 2.49. The van der Waals surface area contributed by atoms with Gasteiger partial charge in [-0.15, -0.1) is 24.0 Å². The number of rotatable bonds is 9. The zero-order valence-corrected chi connectivity index (χ0v) is 16.4. The molecule has 1 heterocycles. The van der Waals surface area contributed by atoms with Crippen molar-refractivity contribution >= 4 is 29.9 Å². The molecule has 2 rings (SSSR count). The first-order chi connectivity index (χ1) is 10.9. The molecular formula is C17H30IN3O2. The van der Waals surface area contributed by atoms with Crippen LogP contribution >= 0.6 is 24.0 Å². The summed E-state index contributed by atoms with van der Waals surface area (Å²) < 4.78 is 10.4. The summed E-state index contributed by atoms with van der Waals surface area (Å²) >= 11 is 0. The molecule has 6 heteroatoms. The lowest BCUT2D eigenvalue weighted by Gasteiger charge is -2.17. The molecule has 0 atom stereocenters. The van der Waals surface area contributed by atoms with Crippen LogP contribution in [0.15, 0.2) is 27.8 Å². The van der Waals surface area contributed by atoms with Crippen molar-refractivity contribution in [3.8, 4) is 0 Å². The first-order valence-corrected chi connectivity index (χ1v) is 8.44. The normalized spacial score (nSPS) is 15.4. The highest BCUT2D eigenvalue weighted by molar-refractivity contribution is 14.0. The maximum absolute atomic E-state index is 5.36. The number of furan rings is 1. The molecule has 1 fully saturated rings. The highest BCUT2D eigenvalue weighted by atomic mass is 127. The zero-order valence-electron chi connectivity index (χ0n) is 14.1. The fraction of sp³-hybridized carbons (Fsp3) is 0.706. The second-order valence-corrected chi connectivity index (χ2v) is 5.81. The largest absolute Gasteiger partial charge is 0.469 e. The number of nitrogens with zero attached hydrogens (tertiary/aromatic N) is 1. The highest BCUT2D eigenvalue weighted by Gasteiger charge is 2.15. The molecule has 0 radical (unpaired) electrons. The Labute approximate surface area is 156 Å². The number of nitrogens with one attached hydrogen (secondary N) is 2. The number of hydrogen-bond donors (Lipinski definition) is 2. The Morgan fingerprint density at radius 2 is 2.17 bits per heavy atom. The number of unbranched alkanes of at least 4 members (excludes halogenated alkanes) is 1. The summed E-state index contributed by atoms with van der Waals surface area (Å²) in [5.41, 5.74) is 0. The molecule has 1 aliphatic carbocycles. The molecule has 1 aliphatic rings. The second kappa shape index (κ2) is 12.6. The molecule has 0 aliphatic heterocycles. The van der Waals surface area contributed by atoms with Gasteiger partial charge in [0, 0.05) is 39.3 Å². The Kier molecular flexibility index (Phi) is 11.1. The Hall–Kier alpha value is -0.760. The van der Waals surface area contributed by atoms with Gasteiger partial charge in [-0.25, -0.2) is 0 Å². The molecular weight excluding hydrogens is 405 g/mol. The minimum absolute atomic E-state index is 0. The predicted octanol–water partition coefficient (Wildman–Crippen LogP) is 3.34. The fourth-order valence-corrected chi connectivity index (χ4v) is 2.72. The first-order valence-electron chi connectivity index (χ1n) is 8.44. The van der Waals surface area contributed by atoms with E-state index in [9.17, 15) is 0 Å². The van der Waals surface area contributed by atoms with Crippen molar-refractivity contribution in [2.45, 2.75) is 51.0 Å². The molecule has 5 nitrogen and oxygen atoms in total. The SMILES string of the molecule is COCCCCN=C(NCCc1ccco1)NC1CCCC1.I. The van der Waals surface area contributed by atoms with E-state index in [0.717, 1.165) is 50.7 Å².